The molecule has 0 heterocycles. The Kier molecular flexibility index (Phi) is 5.52. The SMILES string of the molecule is CNC(=O)CC(C)NCCC(F)(F)F. The number of amides is 1. The van der Waals surface area contributed by atoms with Gasteiger partial charge in [-0.05, 0) is 6.92 Å². The van der Waals surface area contributed by atoms with Crippen LogP contribution in [-0.4, -0.2) is 31.7 Å². The highest BCUT2D eigenvalue weighted by molar-refractivity contribution is 5.76. The minimum atomic E-state index is -4.14. The Morgan fingerprint density at radius 1 is 1.43 bits per heavy atom. The van der Waals surface area contributed by atoms with Gasteiger partial charge in [-0.2, -0.15) is 13.2 Å². The van der Waals surface area contributed by atoms with Gasteiger partial charge in [0.1, 0.15) is 0 Å². The summed E-state index contributed by atoms with van der Waals surface area (Å²) >= 11 is 0. The van der Waals surface area contributed by atoms with E-state index in [1.54, 1.807) is 6.92 Å². The Morgan fingerprint density at radius 3 is 2.43 bits per heavy atom. The zero-order valence-electron chi connectivity index (χ0n) is 8.24. The zero-order valence-corrected chi connectivity index (χ0v) is 8.24. The molecule has 0 saturated heterocycles. The summed E-state index contributed by atoms with van der Waals surface area (Å²) in [6.07, 6.45) is -4.82. The summed E-state index contributed by atoms with van der Waals surface area (Å²) in [5.41, 5.74) is 0. The Bertz CT molecular complexity index is 182. The van der Waals surface area contributed by atoms with Gasteiger partial charge in [-0.15, -0.1) is 0 Å². The summed E-state index contributed by atoms with van der Waals surface area (Å²) in [7, 11) is 1.49. The van der Waals surface area contributed by atoms with Crippen LogP contribution in [0.3, 0.4) is 0 Å². The molecule has 0 spiro atoms. The van der Waals surface area contributed by atoms with Gasteiger partial charge in [0.15, 0.2) is 0 Å². The minimum absolute atomic E-state index is 0.151. The fourth-order valence-corrected chi connectivity index (χ4v) is 0.913. The van der Waals surface area contributed by atoms with Gasteiger partial charge in [-0.25, -0.2) is 0 Å². The molecule has 1 atom stereocenters. The van der Waals surface area contributed by atoms with Gasteiger partial charge in [0.2, 0.25) is 5.91 Å². The number of nitrogens with one attached hydrogen (secondary N) is 2. The maximum absolute atomic E-state index is 11.7. The number of halogens is 3. The molecule has 84 valence electrons. The van der Waals surface area contributed by atoms with E-state index in [1.807, 2.05) is 0 Å². The molecular weight excluding hydrogens is 197 g/mol. The van der Waals surface area contributed by atoms with Gasteiger partial charge in [-0.3, -0.25) is 4.79 Å². The average Bonchev–Trinajstić information content (AvgIpc) is 2.01. The van der Waals surface area contributed by atoms with Gasteiger partial charge >= 0.3 is 6.18 Å². The predicted octanol–water partition coefficient (Wildman–Crippen LogP) is 1.05. The molecule has 2 N–H and O–H groups in total. The van der Waals surface area contributed by atoms with Gasteiger partial charge < -0.3 is 10.6 Å². The molecule has 0 radical (unpaired) electrons. The quantitative estimate of drug-likeness (QED) is 0.715. The van der Waals surface area contributed by atoms with E-state index in [-0.39, 0.29) is 24.9 Å². The first-order valence-electron chi connectivity index (χ1n) is 4.36. The van der Waals surface area contributed by atoms with Crippen molar-refractivity contribution < 1.29 is 18.0 Å². The van der Waals surface area contributed by atoms with Crippen LogP contribution in [0, 0.1) is 0 Å². The van der Waals surface area contributed by atoms with Gasteiger partial charge in [0, 0.05) is 26.1 Å². The summed E-state index contributed by atoms with van der Waals surface area (Å²) < 4.78 is 35.1. The zero-order chi connectivity index (χ0) is 11.2. The third-order valence-electron chi connectivity index (χ3n) is 1.67. The average molecular weight is 212 g/mol. The van der Waals surface area contributed by atoms with Crippen molar-refractivity contribution in [3.05, 3.63) is 0 Å². The molecule has 1 unspecified atom stereocenters. The maximum Gasteiger partial charge on any atom is 0.390 e. The number of rotatable bonds is 5. The minimum Gasteiger partial charge on any atom is -0.359 e. The summed E-state index contributed by atoms with van der Waals surface area (Å²) in [5, 5.41) is 5.02. The number of carbonyl (C=O) groups excluding carboxylic acids is 1. The molecule has 0 saturated carbocycles. The summed E-state index contributed by atoms with van der Waals surface area (Å²) in [6.45, 7) is 1.52. The lowest BCUT2D eigenvalue weighted by molar-refractivity contribution is -0.133. The van der Waals surface area contributed by atoms with E-state index in [9.17, 15) is 18.0 Å². The topological polar surface area (TPSA) is 41.1 Å². The molecule has 0 aromatic carbocycles. The lowest BCUT2D eigenvalue weighted by Gasteiger charge is -2.13. The third kappa shape index (κ3) is 7.85. The van der Waals surface area contributed by atoms with Crippen LogP contribution in [-0.2, 0) is 4.79 Å². The van der Waals surface area contributed by atoms with Gasteiger partial charge in [0.25, 0.3) is 0 Å². The first-order valence-corrected chi connectivity index (χ1v) is 4.36. The fourth-order valence-electron chi connectivity index (χ4n) is 0.913. The van der Waals surface area contributed by atoms with E-state index in [0.717, 1.165) is 0 Å². The third-order valence-corrected chi connectivity index (χ3v) is 1.67. The maximum atomic E-state index is 11.7. The smallest absolute Gasteiger partial charge is 0.359 e. The Hall–Kier alpha value is -0.780. The molecule has 14 heavy (non-hydrogen) atoms. The van der Waals surface area contributed by atoms with Crippen LogP contribution in [0.2, 0.25) is 0 Å². The molecule has 0 aromatic heterocycles. The highest BCUT2D eigenvalue weighted by Gasteiger charge is 2.26. The first kappa shape index (κ1) is 13.2. The lowest BCUT2D eigenvalue weighted by Crippen LogP contribution is -2.34. The van der Waals surface area contributed by atoms with Crippen molar-refractivity contribution in [3.63, 3.8) is 0 Å². The fraction of sp³-hybridized carbons (Fsp3) is 0.875. The molecular formula is C8H15F3N2O. The highest BCUT2D eigenvalue weighted by Crippen LogP contribution is 2.18. The molecule has 6 heteroatoms. The van der Waals surface area contributed by atoms with Crippen molar-refractivity contribution in [2.45, 2.75) is 32.0 Å². The van der Waals surface area contributed by atoms with Crippen molar-refractivity contribution in [2.75, 3.05) is 13.6 Å². The molecule has 3 nitrogen and oxygen atoms in total. The monoisotopic (exact) mass is 212 g/mol. The summed E-state index contributed by atoms with van der Waals surface area (Å²) in [4.78, 5) is 10.8. The molecule has 1 amide bonds. The van der Waals surface area contributed by atoms with Crippen LogP contribution in [0.15, 0.2) is 0 Å². The van der Waals surface area contributed by atoms with E-state index in [2.05, 4.69) is 10.6 Å². The van der Waals surface area contributed by atoms with Crippen LogP contribution in [0.4, 0.5) is 13.2 Å². The van der Waals surface area contributed by atoms with Crippen molar-refractivity contribution in [1.82, 2.24) is 10.6 Å². The second-order valence-electron chi connectivity index (χ2n) is 3.10. The normalized spacial score (nSPS) is 13.8. The van der Waals surface area contributed by atoms with E-state index in [4.69, 9.17) is 0 Å². The van der Waals surface area contributed by atoms with Crippen molar-refractivity contribution in [1.29, 1.82) is 0 Å². The van der Waals surface area contributed by atoms with Gasteiger partial charge in [-0.1, -0.05) is 0 Å². The second-order valence-corrected chi connectivity index (χ2v) is 3.10. The van der Waals surface area contributed by atoms with Crippen molar-refractivity contribution >= 4 is 5.91 Å². The van der Waals surface area contributed by atoms with E-state index >= 15 is 0 Å². The van der Waals surface area contributed by atoms with Crippen LogP contribution >= 0.6 is 0 Å². The lowest BCUT2D eigenvalue weighted by atomic mass is 10.2. The molecule has 0 aliphatic rings. The molecule has 0 aliphatic heterocycles. The van der Waals surface area contributed by atoms with E-state index < -0.39 is 12.6 Å². The number of hydrogen-bond donors (Lipinski definition) is 2. The molecule has 0 aromatic rings. The number of alkyl halides is 3. The molecule has 0 fully saturated rings. The first-order chi connectivity index (χ1) is 6.35. The van der Waals surface area contributed by atoms with Crippen molar-refractivity contribution in [2.24, 2.45) is 0 Å². The Labute approximate surface area is 81.1 Å². The van der Waals surface area contributed by atoms with Gasteiger partial charge in [0.05, 0.1) is 6.42 Å². The number of hydrogen-bond acceptors (Lipinski definition) is 2. The largest absolute Gasteiger partial charge is 0.390 e. The Morgan fingerprint density at radius 2 is 2.00 bits per heavy atom. The second kappa shape index (κ2) is 5.85. The van der Waals surface area contributed by atoms with Crippen LogP contribution in [0.5, 0.6) is 0 Å². The Balaban J connectivity index is 3.54. The standard InChI is InChI=1S/C8H15F3N2O/c1-6(5-7(14)12-2)13-4-3-8(9,10)11/h6,13H,3-5H2,1-2H3,(H,12,14). The van der Waals surface area contributed by atoms with Crippen LogP contribution in [0.1, 0.15) is 19.8 Å². The summed E-state index contributed by atoms with van der Waals surface area (Å²) in [6, 6.07) is -0.239. The van der Waals surface area contributed by atoms with E-state index in [0.29, 0.717) is 0 Å². The number of carbonyl (C=O) groups is 1. The summed E-state index contributed by atoms with van der Waals surface area (Å²) in [5.74, 6) is -0.183. The highest BCUT2D eigenvalue weighted by atomic mass is 19.4. The van der Waals surface area contributed by atoms with Crippen LogP contribution in [0.25, 0.3) is 0 Å². The van der Waals surface area contributed by atoms with Crippen LogP contribution < -0.4 is 10.6 Å². The van der Waals surface area contributed by atoms with E-state index in [1.165, 1.54) is 7.05 Å². The van der Waals surface area contributed by atoms with Crippen molar-refractivity contribution in [3.8, 4) is 0 Å². The predicted molar refractivity (Wildman–Crippen MR) is 46.8 cm³/mol. The molecule has 0 aliphatic carbocycles. The molecule has 0 rings (SSSR count). The molecule has 0 bridgehead atoms.